The first-order chi connectivity index (χ1) is 16.9. The Labute approximate surface area is 206 Å². The second-order valence-electron chi connectivity index (χ2n) is 9.35. The summed E-state index contributed by atoms with van der Waals surface area (Å²) < 4.78 is 17.7. The Balaban J connectivity index is 1.86. The molecule has 0 radical (unpaired) electrons. The van der Waals surface area contributed by atoms with Gasteiger partial charge in [-0.15, -0.1) is 0 Å². The van der Waals surface area contributed by atoms with Crippen LogP contribution in [-0.4, -0.2) is 31.1 Å². The van der Waals surface area contributed by atoms with Crippen LogP contribution in [0.15, 0.2) is 39.5 Å². The van der Waals surface area contributed by atoms with Crippen LogP contribution in [-0.2, 0) is 0 Å². The molecule has 1 aliphatic rings. The summed E-state index contributed by atoms with van der Waals surface area (Å²) in [5.41, 5.74) is 3.38. The van der Waals surface area contributed by atoms with Crippen molar-refractivity contribution in [2.75, 3.05) is 20.3 Å². The maximum Gasteiger partial charge on any atom is 0.290 e. The van der Waals surface area contributed by atoms with E-state index < -0.39 is 6.04 Å². The number of hydrogen-bond acceptors (Lipinski definition) is 5. The van der Waals surface area contributed by atoms with E-state index in [0.717, 1.165) is 48.8 Å². The fourth-order valence-electron chi connectivity index (χ4n) is 4.92. The van der Waals surface area contributed by atoms with E-state index in [1.54, 1.807) is 12.0 Å². The summed E-state index contributed by atoms with van der Waals surface area (Å²) in [6.07, 6.45) is 4.89. The van der Waals surface area contributed by atoms with Crippen molar-refractivity contribution in [3.63, 3.8) is 0 Å². The molecule has 0 fully saturated rings. The zero-order valence-corrected chi connectivity index (χ0v) is 21.4. The summed E-state index contributed by atoms with van der Waals surface area (Å²) in [5, 5.41) is 0.536. The van der Waals surface area contributed by atoms with Crippen LogP contribution in [0.4, 0.5) is 0 Å². The molecule has 0 saturated carbocycles. The van der Waals surface area contributed by atoms with Crippen molar-refractivity contribution >= 4 is 16.9 Å². The molecule has 0 bridgehead atoms. The number of fused-ring (bicyclic) bond motifs is 2. The monoisotopic (exact) mass is 477 g/mol. The van der Waals surface area contributed by atoms with Gasteiger partial charge in [-0.3, -0.25) is 9.59 Å². The fourth-order valence-corrected chi connectivity index (χ4v) is 4.92. The third kappa shape index (κ3) is 4.66. The molecule has 0 saturated heterocycles. The normalized spacial score (nSPS) is 15.1. The standard InChI is InChI=1S/C29H35NO5/c1-6-8-10-13-30-26(20-11-12-21(22(17-20)33-5)34-14-9-7-2)25-27(31)24-19(4)15-18(3)16-23(24)35-28(25)29(30)32/h11-12,15-17,26H,6-10,13-14H2,1-5H3. The number of benzene rings is 2. The Morgan fingerprint density at radius 2 is 1.74 bits per heavy atom. The Bertz CT molecular complexity index is 1290. The minimum Gasteiger partial charge on any atom is -0.493 e. The van der Waals surface area contributed by atoms with Crippen molar-refractivity contribution in [3.8, 4) is 11.5 Å². The Hall–Kier alpha value is -3.28. The van der Waals surface area contributed by atoms with E-state index in [2.05, 4.69) is 13.8 Å². The largest absolute Gasteiger partial charge is 0.493 e. The van der Waals surface area contributed by atoms with E-state index in [1.807, 2.05) is 44.2 Å². The summed E-state index contributed by atoms with van der Waals surface area (Å²) in [7, 11) is 1.60. The van der Waals surface area contributed by atoms with Gasteiger partial charge in [0, 0.05) is 6.54 Å². The van der Waals surface area contributed by atoms with E-state index in [-0.39, 0.29) is 17.1 Å². The number of amides is 1. The predicted octanol–water partition coefficient (Wildman–Crippen LogP) is 6.33. The summed E-state index contributed by atoms with van der Waals surface area (Å²) in [4.78, 5) is 29.2. The highest BCUT2D eigenvalue weighted by molar-refractivity contribution is 5.99. The highest BCUT2D eigenvalue weighted by Crippen LogP contribution is 2.41. The predicted molar refractivity (Wildman–Crippen MR) is 138 cm³/mol. The minimum absolute atomic E-state index is 0.141. The zero-order valence-electron chi connectivity index (χ0n) is 21.4. The third-order valence-corrected chi connectivity index (χ3v) is 6.67. The van der Waals surface area contributed by atoms with Crippen LogP contribution in [0.2, 0.25) is 0 Å². The lowest BCUT2D eigenvalue weighted by molar-refractivity contribution is 0.0724. The molecule has 0 spiro atoms. The number of ether oxygens (including phenoxy) is 2. The van der Waals surface area contributed by atoms with Gasteiger partial charge in [0.2, 0.25) is 5.76 Å². The maximum atomic E-state index is 13.9. The first-order valence-corrected chi connectivity index (χ1v) is 12.6. The van der Waals surface area contributed by atoms with Gasteiger partial charge in [-0.05, 0) is 61.6 Å². The van der Waals surface area contributed by atoms with Gasteiger partial charge in [0.15, 0.2) is 16.9 Å². The number of nitrogens with zero attached hydrogens (tertiary/aromatic N) is 1. The van der Waals surface area contributed by atoms with E-state index in [0.29, 0.717) is 41.2 Å². The highest BCUT2D eigenvalue weighted by Gasteiger charge is 2.42. The molecule has 4 rings (SSSR count). The molecular weight excluding hydrogens is 442 g/mol. The van der Waals surface area contributed by atoms with Gasteiger partial charge in [0.1, 0.15) is 5.58 Å². The quantitative estimate of drug-likeness (QED) is 0.319. The Morgan fingerprint density at radius 1 is 0.971 bits per heavy atom. The lowest BCUT2D eigenvalue weighted by Gasteiger charge is -2.26. The molecule has 1 unspecified atom stereocenters. The third-order valence-electron chi connectivity index (χ3n) is 6.67. The van der Waals surface area contributed by atoms with Crippen LogP contribution in [0.25, 0.3) is 11.0 Å². The second-order valence-corrected chi connectivity index (χ2v) is 9.35. The Kier molecular flexibility index (Phi) is 7.48. The molecule has 2 heterocycles. The first-order valence-electron chi connectivity index (χ1n) is 12.6. The van der Waals surface area contributed by atoms with E-state index in [4.69, 9.17) is 13.9 Å². The van der Waals surface area contributed by atoms with Gasteiger partial charge < -0.3 is 18.8 Å². The van der Waals surface area contributed by atoms with Crippen LogP contribution in [0.1, 0.15) is 84.8 Å². The van der Waals surface area contributed by atoms with Gasteiger partial charge >= 0.3 is 0 Å². The molecule has 6 nitrogen and oxygen atoms in total. The summed E-state index contributed by atoms with van der Waals surface area (Å²) >= 11 is 0. The molecule has 1 amide bonds. The van der Waals surface area contributed by atoms with Crippen LogP contribution in [0, 0.1) is 13.8 Å². The van der Waals surface area contributed by atoms with Crippen LogP contribution < -0.4 is 14.9 Å². The number of methoxy groups -OCH3 is 1. The number of carbonyl (C=O) groups is 1. The number of hydrogen-bond donors (Lipinski definition) is 0. The number of unbranched alkanes of at least 4 members (excludes halogenated alkanes) is 3. The molecule has 1 atom stereocenters. The topological polar surface area (TPSA) is 69.0 Å². The second kappa shape index (κ2) is 10.5. The van der Waals surface area contributed by atoms with Crippen LogP contribution in [0.5, 0.6) is 11.5 Å². The van der Waals surface area contributed by atoms with E-state index in [1.165, 1.54) is 0 Å². The molecular formula is C29H35NO5. The zero-order chi connectivity index (χ0) is 25.1. The summed E-state index contributed by atoms with van der Waals surface area (Å²) in [6.45, 7) is 9.26. The molecule has 2 aromatic carbocycles. The van der Waals surface area contributed by atoms with Crippen molar-refractivity contribution in [1.82, 2.24) is 4.90 Å². The average Bonchev–Trinajstić information content (AvgIpc) is 3.11. The van der Waals surface area contributed by atoms with Crippen molar-refractivity contribution < 1.29 is 18.7 Å². The van der Waals surface area contributed by atoms with E-state index in [9.17, 15) is 9.59 Å². The maximum absolute atomic E-state index is 13.9. The lowest BCUT2D eigenvalue weighted by Crippen LogP contribution is -2.30. The Morgan fingerprint density at radius 3 is 2.46 bits per heavy atom. The summed E-state index contributed by atoms with van der Waals surface area (Å²) in [5.74, 6) is 1.16. The van der Waals surface area contributed by atoms with Crippen molar-refractivity contribution in [1.29, 1.82) is 0 Å². The molecule has 35 heavy (non-hydrogen) atoms. The minimum atomic E-state index is -0.533. The van der Waals surface area contributed by atoms with Gasteiger partial charge in [-0.2, -0.15) is 0 Å². The van der Waals surface area contributed by atoms with Crippen LogP contribution in [0.3, 0.4) is 0 Å². The lowest BCUT2D eigenvalue weighted by atomic mass is 9.96. The summed E-state index contributed by atoms with van der Waals surface area (Å²) in [6, 6.07) is 8.95. The van der Waals surface area contributed by atoms with Gasteiger partial charge in [0.05, 0.1) is 30.7 Å². The molecule has 0 aliphatic carbocycles. The van der Waals surface area contributed by atoms with Gasteiger partial charge in [-0.25, -0.2) is 0 Å². The van der Waals surface area contributed by atoms with Crippen molar-refractivity contribution in [2.24, 2.45) is 0 Å². The smallest absolute Gasteiger partial charge is 0.290 e. The highest BCUT2D eigenvalue weighted by atomic mass is 16.5. The number of aryl methyl sites for hydroxylation is 2. The fraction of sp³-hybridized carbons (Fsp3) is 0.448. The molecule has 186 valence electrons. The van der Waals surface area contributed by atoms with Gasteiger partial charge in [-0.1, -0.05) is 45.2 Å². The van der Waals surface area contributed by atoms with Gasteiger partial charge in [0.25, 0.3) is 5.91 Å². The molecule has 0 N–H and O–H groups in total. The first kappa shape index (κ1) is 24.8. The number of carbonyl (C=O) groups excluding carboxylic acids is 1. The number of rotatable bonds is 10. The average molecular weight is 478 g/mol. The molecule has 6 heteroatoms. The van der Waals surface area contributed by atoms with Crippen molar-refractivity contribution in [2.45, 2.75) is 65.8 Å². The molecule has 1 aromatic heterocycles. The SMILES string of the molecule is CCCCCN1C(=O)c2oc3cc(C)cc(C)c3c(=O)c2C1c1ccc(OCCCC)c(OC)c1. The molecule has 1 aliphatic heterocycles. The molecule has 3 aromatic rings. The van der Waals surface area contributed by atoms with Crippen molar-refractivity contribution in [3.05, 3.63) is 68.6 Å². The van der Waals surface area contributed by atoms with E-state index >= 15 is 0 Å². The van der Waals surface area contributed by atoms with Crippen LogP contribution >= 0.6 is 0 Å².